The van der Waals surface area contributed by atoms with E-state index in [1.54, 1.807) is 6.20 Å². The normalized spacial score (nSPS) is 11.2. The molecule has 0 aliphatic carbocycles. The maximum atomic E-state index is 5.72. The lowest BCUT2D eigenvalue weighted by molar-refractivity contribution is 0.960. The van der Waals surface area contributed by atoms with E-state index in [1.807, 2.05) is 30.7 Å². The molecule has 0 amide bonds. The number of aromatic nitrogens is 4. The monoisotopic (exact) mass is 245 g/mol. The van der Waals surface area contributed by atoms with Crippen molar-refractivity contribution < 1.29 is 0 Å². The van der Waals surface area contributed by atoms with Gasteiger partial charge in [0.25, 0.3) is 0 Å². The molecule has 0 aromatic carbocycles. The Morgan fingerprint density at radius 1 is 1.35 bits per heavy atom. The number of imidazole rings is 1. The molecule has 0 bridgehead atoms. The van der Waals surface area contributed by atoms with Gasteiger partial charge in [0.05, 0.1) is 16.1 Å². The molecular formula is C11H11N5S. The Kier molecular flexibility index (Phi) is 2.12. The van der Waals surface area contributed by atoms with Crippen molar-refractivity contribution in [2.24, 2.45) is 7.05 Å². The van der Waals surface area contributed by atoms with Gasteiger partial charge in [0.15, 0.2) is 16.6 Å². The van der Waals surface area contributed by atoms with Gasteiger partial charge in [-0.15, -0.1) is 0 Å². The fourth-order valence-electron chi connectivity index (χ4n) is 1.85. The van der Waals surface area contributed by atoms with Gasteiger partial charge < -0.3 is 10.3 Å². The number of rotatable bonds is 1. The predicted molar refractivity (Wildman–Crippen MR) is 68.8 cm³/mol. The van der Waals surface area contributed by atoms with E-state index in [-0.39, 0.29) is 0 Å². The highest BCUT2D eigenvalue weighted by atomic mass is 32.1. The Bertz CT molecular complexity index is 697. The topological polar surface area (TPSA) is 69.6 Å². The number of nitrogen functional groups attached to an aromatic ring is 1. The number of anilines is 1. The van der Waals surface area contributed by atoms with Crippen LogP contribution in [0.25, 0.3) is 21.9 Å². The predicted octanol–water partition coefficient (Wildman–Crippen LogP) is 1.98. The molecule has 86 valence electrons. The van der Waals surface area contributed by atoms with Crippen LogP contribution >= 0.6 is 11.3 Å². The van der Waals surface area contributed by atoms with Gasteiger partial charge in [0.1, 0.15) is 0 Å². The van der Waals surface area contributed by atoms with Gasteiger partial charge in [0, 0.05) is 13.2 Å². The number of nitrogens with two attached hydrogens (primary N) is 1. The average Bonchev–Trinajstić information content (AvgIpc) is 2.80. The van der Waals surface area contributed by atoms with Crippen LogP contribution in [0.2, 0.25) is 0 Å². The van der Waals surface area contributed by atoms with E-state index in [0.29, 0.717) is 5.13 Å². The smallest absolute Gasteiger partial charge is 0.180 e. The molecule has 0 aliphatic heterocycles. The van der Waals surface area contributed by atoms with Crippen LogP contribution in [-0.2, 0) is 7.05 Å². The average molecular weight is 245 g/mol. The highest BCUT2D eigenvalue weighted by molar-refractivity contribution is 7.18. The first-order chi connectivity index (χ1) is 8.16. The Balaban J connectivity index is 2.31. The zero-order valence-corrected chi connectivity index (χ0v) is 10.3. The van der Waals surface area contributed by atoms with Crippen LogP contribution in [0.5, 0.6) is 0 Å². The van der Waals surface area contributed by atoms with Gasteiger partial charge in [-0.3, -0.25) is 0 Å². The van der Waals surface area contributed by atoms with Crippen LogP contribution in [0, 0.1) is 6.92 Å². The van der Waals surface area contributed by atoms with Gasteiger partial charge >= 0.3 is 0 Å². The van der Waals surface area contributed by atoms with E-state index >= 15 is 0 Å². The van der Waals surface area contributed by atoms with Crippen LogP contribution in [0.3, 0.4) is 0 Å². The van der Waals surface area contributed by atoms with Crippen LogP contribution in [0.4, 0.5) is 5.13 Å². The maximum Gasteiger partial charge on any atom is 0.180 e. The van der Waals surface area contributed by atoms with Crippen molar-refractivity contribution in [2.75, 3.05) is 5.73 Å². The molecule has 0 unspecified atom stereocenters. The summed E-state index contributed by atoms with van der Waals surface area (Å²) in [4.78, 5) is 14.0. The first-order valence-corrected chi connectivity index (χ1v) is 5.99. The third-order valence-electron chi connectivity index (χ3n) is 2.67. The largest absolute Gasteiger partial charge is 0.375 e. The molecule has 0 saturated carbocycles. The first kappa shape index (κ1) is 10.2. The Hall–Kier alpha value is -1.95. The van der Waals surface area contributed by atoms with Gasteiger partial charge in [-0.25, -0.2) is 15.0 Å². The molecule has 0 fully saturated rings. The second-order valence-corrected chi connectivity index (χ2v) is 4.84. The molecule has 3 aromatic heterocycles. The fraction of sp³-hybridized carbons (Fsp3) is 0.182. The number of fused-ring (bicyclic) bond motifs is 1. The number of pyridine rings is 1. The van der Waals surface area contributed by atoms with Crippen LogP contribution in [0.1, 0.15) is 5.69 Å². The fourth-order valence-corrected chi connectivity index (χ4v) is 2.71. The van der Waals surface area contributed by atoms with Crippen molar-refractivity contribution in [3.05, 3.63) is 24.0 Å². The third kappa shape index (κ3) is 1.49. The molecule has 5 nitrogen and oxygen atoms in total. The van der Waals surface area contributed by atoms with E-state index < -0.39 is 0 Å². The molecule has 0 radical (unpaired) electrons. The zero-order valence-electron chi connectivity index (χ0n) is 9.51. The van der Waals surface area contributed by atoms with E-state index in [1.165, 1.54) is 11.3 Å². The summed E-state index contributed by atoms with van der Waals surface area (Å²) < 4.78 is 2.02. The summed E-state index contributed by atoms with van der Waals surface area (Å²) in [6, 6.07) is 3.90. The molecule has 0 atom stereocenters. The van der Waals surface area contributed by atoms with Gasteiger partial charge in [-0.1, -0.05) is 11.3 Å². The molecule has 0 spiro atoms. The van der Waals surface area contributed by atoms with E-state index in [4.69, 9.17) is 5.73 Å². The van der Waals surface area contributed by atoms with E-state index in [2.05, 4.69) is 15.0 Å². The molecule has 3 aromatic rings. The van der Waals surface area contributed by atoms with Crippen LogP contribution < -0.4 is 5.73 Å². The quantitative estimate of drug-likeness (QED) is 0.711. The number of hydrogen-bond acceptors (Lipinski definition) is 5. The summed E-state index contributed by atoms with van der Waals surface area (Å²) >= 11 is 1.45. The summed E-state index contributed by atoms with van der Waals surface area (Å²) in [5.74, 6) is 0.866. The van der Waals surface area contributed by atoms with E-state index in [0.717, 1.165) is 27.6 Å². The maximum absolute atomic E-state index is 5.72. The molecule has 0 saturated heterocycles. The third-order valence-corrected chi connectivity index (χ3v) is 3.66. The molecule has 2 N–H and O–H groups in total. The van der Waals surface area contributed by atoms with Crippen LogP contribution in [0.15, 0.2) is 18.3 Å². The van der Waals surface area contributed by atoms with E-state index in [9.17, 15) is 0 Å². The zero-order chi connectivity index (χ0) is 12.0. The SMILES string of the molecule is Cc1nc(N)sc1-c1nc2ncccc2n1C. The number of hydrogen-bond donors (Lipinski definition) is 1. The minimum absolute atomic E-state index is 0.567. The van der Waals surface area contributed by atoms with Crippen molar-refractivity contribution in [3.8, 4) is 10.7 Å². The molecular weight excluding hydrogens is 234 g/mol. The van der Waals surface area contributed by atoms with Gasteiger partial charge in [-0.05, 0) is 19.1 Å². The molecule has 6 heteroatoms. The van der Waals surface area contributed by atoms with Crippen molar-refractivity contribution >= 4 is 27.6 Å². The second kappa shape index (κ2) is 3.53. The van der Waals surface area contributed by atoms with Gasteiger partial charge in [0.2, 0.25) is 0 Å². The lowest BCUT2D eigenvalue weighted by Crippen LogP contribution is -1.91. The summed E-state index contributed by atoms with van der Waals surface area (Å²) in [6.07, 6.45) is 1.74. The standard InChI is InChI=1S/C11H11N5S/c1-6-8(17-11(12)14-6)10-15-9-7(16(10)2)4-3-5-13-9/h3-5H,1-2H3,(H2,12,14). The summed E-state index contributed by atoms with van der Waals surface area (Å²) in [5, 5.41) is 0.567. The number of thiazole rings is 1. The Labute approximate surface area is 102 Å². The summed E-state index contributed by atoms with van der Waals surface area (Å²) in [5.41, 5.74) is 8.38. The van der Waals surface area contributed by atoms with Crippen molar-refractivity contribution in [3.63, 3.8) is 0 Å². The first-order valence-electron chi connectivity index (χ1n) is 5.17. The van der Waals surface area contributed by atoms with Crippen molar-refractivity contribution in [1.82, 2.24) is 19.5 Å². The molecule has 0 aliphatic rings. The minimum Gasteiger partial charge on any atom is -0.375 e. The highest BCUT2D eigenvalue weighted by Crippen LogP contribution is 2.31. The van der Waals surface area contributed by atoms with Crippen molar-refractivity contribution in [1.29, 1.82) is 0 Å². The Morgan fingerprint density at radius 2 is 2.18 bits per heavy atom. The lowest BCUT2D eigenvalue weighted by Gasteiger charge is -1.99. The molecule has 3 rings (SSSR count). The second-order valence-electron chi connectivity index (χ2n) is 3.81. The van der Waals surface area contributed by atoms with Crippen molar-refractivity contribution in [2.45, 2.75) is 6.92 Å². The summed E-state index contributed by atoms with van der Waals surface area (Å²) in [7, 11) is 1.97. The molecule has 3 heterocycles. The highest BCUT2D eigenvalue weighted by Gasteiger charge is 2.15. The summed E-state index contributed by atoms with van der Waals surface area (Å²) in [6.45, 7) is 1.94. The number of nitrogens with zero attached hydrogens (tertiary/aromatic N) is 4. The minimum atomic E-state index is 0.567. The number of aryl methyl sites for hydroxylation is 2. The Morgan fingerprint density at radius 3 is 2.82 bits per heavy atom. The lowest BCUT2D eigenvalue weighted by atomic mass is 10.4. The van der Waals surface area contributed by atoms with Crippen LogP contribution in [-0.4, -0.2) is 19.5 Å². The molecule has 17 heavy (non-hydrogen) atoms. The van der Waals surface area contributed by atoms with Gasteiger partial charge in [-0.2, -0.15) is 0 Å².